The Hall–Kier alpha value is -4.69. The number of aromatic nitrogens is 1. The Labute approximate surface area is 277 Å². The normalized spacial score (nSPS) is 16.7. The van der Waals surface area contributed by atoms with Crippen molar-refractivity contribution in [1.29, 1.82) is 5.26 Å². The summed E-state index contributed by atoms with van der Waals surface area (Å²) in [5, 5.41) is 17.2. The average molecular weight is 656 g/mol. The fourth-order valence-corrected chi connectivity index (χ4v) is 5.95. The highest BCUT2D eigenvalue weighted by atomic mass is 35.5. The van der Waals surface area contributed by atoms with Crippen LogP contribution in [-0.4, -0.2) is 54.7 Å². The number of carbonyl (C=O) groups is 1. The summed E-state index contributed by atoms with van der Waals surface area (Å²) in [6.07, 6.45) is 9.06. The minimum absolute atomic E-state index is 0.150. The number of amides is 1. The van der Waals surface area contributed by atoms with Crippen molar-refractivity contribution in [2.45, 2.75) is 38.4 Å². The average Bonchev–Trinajstić information content (AvgIpc) is 3.59. The first kappa shape index (κ1) is 32.3. The first-order valence-corrected chi connectivity index (χ1v) is 16.1. The van der Waals surface area contributed by atoms with Gasteiger partial charge in [0.1, 0.15) is 41.8 Å². The molecule has 1 atom stereocenters. The Morgan fingerprint density at radius 2 is 1.98 bits per heavy atom. The zero-order valence-corrected chi connectivity index (χ0v) is 26.6. The Kier molecular flexibility index (Phi) is 10.5. The van der Waals surface area contributed by atoms with Crippen LogP contribution in [0.15, 0.2) is 72.9 Å². The van der Waals surface area contributed by atoms with E-state index in [0.717, 1.165) is 19.5 Å². The van der Waals surface area contributed by atoms with Crippen LogP contribution in [0.2, 0.25) is 5.02 Å². The topological polar surface area (TPSA) is 109 Å². The van der Waals surface area contributed by atoms with Crippen molar-refractivity contribution in [2.24, 2.45) is 0 Å². The smallest absolute Gasteiger partial charge is 0.248 e. The van der Waals surface area contributed by atoms with Crippen LogP contribution in [0.5, 0.6) is 11.5 Å². The molecule has 6 rings (SSSR count). The summed E-state index contributed by atoms with van der Waals surface area (Å²) >= 11 is 6.56. The predicted molar refractivity (Wildman–Crippen MR) is 180 cm³/mol. The van der Waals surface area contributed by atoms with Gasteiger partial charge in [-0.1, -0.05) is 36.2 Å². The molecule has 2 aliphatic rings. The minimum Gasteiger partial charge on any atom is -0.487 e. The molecule has 0 bridgehead atoms. The van der Waals surface area contributed by atoms with E-state index in [1.165, 1.54) is 37.6 Å². The molecule has 0 unspecified atom stereocenters. The van der Waals surface area contributed by atoms with Crippen LogP contribution in [-0.2, 0) is 16.1 Å². The largest absolute Gasteiger partial charge is 0.487 e. The number of ether oxygens (including phenoxy) is 3. The molecule has 11 heteroatoms. The lowest BCUT2D eigenvalue weighted by Gasteiger charge is -2.24. The zero-order chi connectivity index (χ0) is 32.6. The van der Waals surface area contributed by atoms with E-state index in [9.17, 15) is 14.4 Å². The van der Waals surface area contributed by atoms with Gasteiger partial charge >= 0.3 is 0 Å². The van der Waals surface area contributed by atoms with Crippen molar-refractivity contribution in [3.63, 3.8) is 0 Å². The number of pyridine rings is 1. The molecule has 0 spiro atoms. The molecule has 3 heterocycles. The van der Waals surface area contributed by atoms with Crippen molar-refractivity contribution in [3.05, 3.63) is 94.9 Å². The maximum Gasteiger partial charge on any atom is 0.248 e. The summed E-state index contributed by atoms with van der Waals surface area (Å²) < 4.78 is 31.2. The van der Waals surface area contributed by atoms with E-state index in [-0.39, 0.29) is 24.4 Å². The quantitative estimate of drug-likeness (QED) is 0.161. The zero-order valence-electron chi connectivity index (χ0n) is 25.8. The Bertz CT molecular complexity index is 1820. The highest BCUT2D eigenvalue weighted by Gasteiger charge is 2.22. The molecule has 1 aromatic heterocycles. The van der Waals surface area contributed by atoms with Crippen molar-refractivity contribution >= 4 is 45.5 Å². The number of benzene rings is 3. The second-order valence-corrected chi connectivity index (χ2v) is 11.9. The van der Waals surface area contributed by atoms with Gasteiger partial charge in [-0.05, 0) is 74.0 Å². The lowest BCUT2D eigenvalue weighted by molar-refractivity contribution is -0.111. The van der Waals surface area contributed by atoms with Gasteiger partial charge in [0.2, 0.25) is 5.91 Å². The number of hydrogen-bond donors (Lipinski definition) is 2. The predicted octanol–water partition coefficient (Wildman–Crippen LogP) is 7.37. The number of anilines is 3. The molecule has 0 radical (unpaired) electrons. The monoisotopic (exact) mass is 655 g/mol. The molecule has 2 aliphatic heterocycles. The summed E-state index contributed by atoms with van der Waals surface area (Å²) in [5.41, 5.74) is 2.95. The second-order valence-electron chi connectivity index (χ2n) is 11.5. The van der Waals surface area contributed by atoms with E-state index in [4.69, 9.17) is 25.8 Å². The Morgan fingerprint density at radius 1 is 1.13 bits per heavy atom. The number of likely N-dealkylation sites (tertiary alicyclic amines) is 1. The maximum atomic E-state index is 13.6. The van der Waals surface area contributed by atoms with E-state index < -0.39 is 0 Å². The van der Waals surface area contributed by atoms with Gasteiger partial charge in [0.25, 0.3) is 0 Å². The van der Waals surface area contributed by atoms with E-state index in [1.54, 1.807) is 42.5 Å². The van der Waals surface area contributed by atoms with Crippen LogP contribution in [0.1, 0.15) is 36.8 Å². The number of fused-ring (bicyclic) bond motifs is 1. The summed E-state index contributed by atoms with van der Waals surface area (Å²) in [7, 11) is 0. The van der Waals surface area contributed by atoms with Gasteiger partial charge in [-0.2, -0.15) is 5.26 Å². The lowest BCUT2D eigenvalue weighted by Crippen LogP contribution is -2.29. The third-order valence-corrected chi connectivity index (χ3v) is 8.41. The first-order chi connectivity index (χ1) is 23.0. The third-order valence-electron chi connectivity index (χ3n) is 8.12. The van der Waals surface area contributed by atoms with Crippen LogP contribution in [0.3, 0.4) is 0 Å². The molecule has 2 fully saturated rings. The number of nitrogens with zero attached hydrogens (tertiary/aromatic N) is 3. The third kappa shape index (κ3) is 8.19. The van der Waals surface area contributed by atoms with Gasteiger partial charge in [-0.25, -0.2) is 4.39 Å². The molecule has 1 amide bonds. The van der Waals surface area contributed by atoms with Gasteiger partial charge in [-0.15, -0.1) is 0 Å². The fourth-order valence-electron chi connectivity index (χ4n) is 5.71. The van der Waals surface area contributed by atoms with E-state index in [2.05, 4.69) is 26.6 Å². The first-order valence-electron chi connectivity index (χ1n) is 15.7. The van der Waals surface area contributed by atoms with Crippen molar-refractivity contribution in [3.8, 4) is 17.6 Å². The van der Waals surface area contributed by atoms with Crippen molar-refractivity contribution < 1.29 is 23.4 Å². The number of rotatable bonds is 11. The number of piperidine rings is 1. The molecule has 9 nitrogen and oxygen atoms in total. The van der Waals surface area contributed by atoms with Gasteiger partial charge in [-0.3, -0.25) is 14.7 Å². The van der Waals surface area contributed by atoms with E-state index in [0.29, 0.717) is 75.4 Å². The number of hydrogen-bond acceptors (Lipinski definition) is 8. The molecule has 2 N–H and O–H groups in total. The molecule has 4 aromatic rings. The molecule has 2 saturated heterocycles. The highest BCUT2D eigenvalue weighted by molar-refractivity contribution is 6.32. The molecular formula is C36H35ClFN5O4. The van der Waals surface area contributed by atoms with Crippen molar-refractivity contribution in [1.82, 2.24) is 9.88 Å². The number of nitriles is 1. The summed E-state index contributed by atoms with van der Waals surface area (Å²) in [5.74, 6) is 0.255. The van der Waals surface area contributed by atoms with Crippen LogP contribution in [0.25, 0.3) is 10.9 Å². The molecule has 3 aromatic carbocycles. The van der Waals surface area contributed by atoms with Gasteiger partial charge in [0.05, 0.1) is 35.0 Å². The standard InChI is InChI=1S/C36H35ClFN5O4/c37-30-19-27(9-11-31(30)46-22-24-6-4-7-26(38)18-24)41-34-25(20-39)21-40-35-29(34)10-12-32(47-28-13-17-45-23-28)36(35)42-33(44)8-5-16-43-14-2-1-3-15-43/h4-12,18-19,21,28H,1-3,13-17,22-23H2,(H,40,41)(H,42,44)/b8-5+/t28-/m0/s1. The van der Waals surface area contributed by atoms with Crippen LogP contribution in [0, 0.1) is 17.1 Å². The fraction of sp³-hybridized carbons (Fsp3) is 0.306. The number of halogens is 2. The van der Waals surface area contributed by atoms with Gasteiger partial charge in [0, 0.05) is 36.3 Å². The number of carbonyl (C=O) groups excluding carboxylic acids is 1. The van der Waals surface area contributed by atoms with E-state index in [1.807, 2.05) is 12.1 Å². The Morgan fingerprint density at radius 3 is 2.74 bits per heavy atom. The number of nitrogens with one attached hydrogen (secondary N) is 2. The van der Waals surface area contributed by atoms with Gasteiger partial charge < -0.3 is 24.8 Å². The summed E-state index contributed by atoms with van der Waals surface area (Å²) in [6, 6.07) is 17.1. The highest BCUT2D eigenvalue weighted by Crippen LogP contribution is 2.39. The van der Waals surface area contributed by atoms with Crippen LogP contribution < -0.4 is 20.1 Å². The lowest BCUT2D eigenvalue weighted by atomic mass is 10.1. The molecule has 0 aliphatic carbocycles. The van der Waals surface area contributed by atoms with E-state index >= 15 is 0 Å². The second kappa shape index (κ2) is 15.3. The van der Waals surface area contributed by atoms with Crippen LogP contribution in [0.4, 0.5) is 21.5 Å². The summed E-state index contributed by atoms with van der Waals surface area (Å²) in [4.78, 5) is 20.1. The molecule has 47 heavy (non-hydrogen) atoms. The minimum atomic E-state index is -0.340. The molecular weight excluding hydrogens is 621 g/mol. The Balaban J connectivity index is 1.27. The van der Waals surface area contributed by atoms with Crippen molar-refractivity contribution in [2.75, 3.05) is 43.5 Å². The molecule has 0 saturated carbocycles. The molecule has 242 valence electrons. The SMILES string of the molecule is N#Cc1cnc2c(NC(=O)/C=C/CN3CCCCC3)c(O[C@H]3CCOC3)ccc2c1Nc1ccc(OCc2cccc(F)c2)c(Cl)c1. The van der Waals surface area contributed by atoms with Gasteiger partial charge in [0.15, 0.2) is 0 Å². The maximum absolute atomic E-state index is 13.6. The van der Waals surface area contributed by atoms with Crippen LogP contribution >= 0.6 is 11.6 Å². The summed E-state index contributed by atoms with van der Waals surface area (Å²) in [6.45, 7) is 3.99.